The Bertz CT molecular complexity index is 291. The van der Waals surface area contributed by atoms with Crippen LogP contribution in [0.4, 0.5) is 0 Å². The molecule has 1 unspecified atom stereocenters. The molecule has 1 rings (SSSR count). The number of carboxylic acid groups (broad SMARTS) is 1. The molecule has 18 heavy (non-hydrogen) atoms. The Morgan fingerprint density at radius 2 is 1.94 bits per heavy atom. The maximum atomic E-state index is 12.0. The molecule has 1 fully saturated rings. The molecular formula is C14H25NO3. The summed E-state index contributed by atoms with van der Waals surface area (Å²) >= 11 is 0. The Hall–Kier alpha value is -1.06. The number of rotatable bonds is 7. The zero-order valence-electron chi connectivity index (χ0n) is 11.4. The van der Waals surface area contributed by atoms with Crippen molar-refractivity contribution in [1.82, 2.24) is 5.32 Å². The van der Waals surface area contributed by atoms with Gasteiger partial charge in [-0.15, -0.1) is 0 Å². The fourth-order valence-corrected chi connectivity index (χ4v) is 2.69. The van der Waals surface area contributed by atoms with Gasteiger partial charge in [0, 0.05) is 6.04 Å². The normalized spacial score (nSPS) is 24.8. The third-order valence-electron chi connectivity index (χ3n) is 3.80. The van der Waals surface area contributed by atoms with Gasteiger partial charge in [-0.05, 0) is 26.2 Å². The third-order valence-corrected chi connectivity index (χ3v) is 3.80. The molecule has 0 radical (unpaired) electrons. The van der Waals surface area contributed by atoms with Crippen molar-refractivity contribution in [3.05, 3.63) is 0 Å². The number of unbranched alkanes of at least 4 members (excludes halogenated alkanes) is 2. The number of aliphatic carboxylic acids is 1. The lowest BCUT2D eigenvalue weighted by atomic mass is 9.95. The molecule has 0 aromatic carbocycles. The first-order valence-electron chi connectivity index (χ1n) is 7.09. The van der Waals surface area contributed by atoms with Gasteiger partial charge in [-0.3, -0.25) is 9.59 Å². The smallest absolute Gasteiger partial charge is 0.307 e. The second-order valence-corrected chi connectivity index (χ2v) is 5.39. The van der Waals surface area contributed by atoms with Crippen LogP contribution < -0.4 is 5.32 Å². The van der Waals surface area contributed by atoms with Gasteiger partial charge in [-0.1, -0.05) is 32.6 Å². The molecule has 0 heterocycles. The predicted octanol–water partition coefficient (Wildman–Crippen LogP) is 2.57. The van der Waals surface area contributed by atoms with Gasteiger partial charge in [0.25, 0.3) is 0 Å². The van der Waals surface area contributed by atoms with Gasteiger partial charge < -0.3 is 10.4 Å². The molecule has 1 aliphatic carbocycles. The Morgan fingerprint density at radius 3 is 2.56 bits per heavy atom. The van der Waals surface area contributed by atoms with Gasteiger partial charge in [0.05, 0.1) is 11.8 Å². The molecule has 1 amide bonds. The summed E-state index contributed by atoms with van der Waals surface area (Å²) in [6, 6.07) is 0.152. The molecule has 0 aliphatic heterocycles. The van der Waals surface area contributed by atoms with Crippen molar-refractivity contribution >= 4 is 11.9 Å². The third kappa shape index (κ3) is 4.31. The standard InChI is InChI=1S/C14H25NO3/c1-3-4-5-7-10(2)15-13(16)11-8-6-9-12(11)14(17)18/h10-12H,3-9H2,1-2H3,(H,15,16)(H,17,18)/t10?,11-,12+/m1/s1. The molecule has 2 N–H and O–H groups in total. The molecule has 3 atom stereocenters. The molecular weight excluding hydrogens is 230 g/mol. The van der Waals surface area contributed by atoms with Crippen molar-refractivity contribution in [3.8, 4) is 0 Å². The van der Waals surface area contributed by atoms with Crippen LogP contribution in [-0.4, -0.2) is 23.0 Å². The Morgan fingerprint density at radius 1 is 1.28 bits per heavy atom. The largest absolute Gasteiger partial charge is 0.481 e. The molecule has 1 aliphatic rings. The van der Waals surface area contributed by atoms with Gasteiger partial charge in [0.1, 0.15) is 0 Å². The van der Waals surface area contributed by atoms with Crippen LogP contribution in [0.1, 0.15) is 58.8 Å². The SMILES string of the molecule is CCCCCC(C)NC(=O)[C@@H]1CCC[C@@H]1C(=O)O. The number of amides is 1. The van der Waals surface area contributed by atoms with E-state index in [9.17, 15) is 9.59 Å². The van der Waals surface area contributed by atoms with Crippen LogP contribution in [0.3, 0.4) is 0 Å². The van der Waals surface area contributed by atoms with Crippen molar-refractivity contribution in [2.75, 3.05) is 0 Å². The average molecular weight is 255 g/mol. The summed E-state index contributed by atoms with van der Waals surface area (Å²) in [7, 11) is 0. The van der Waals surface area contributed by atoms with Crippen LogP contribution in [0.25, 0.3) is 0 Å². The van der Waals surface area contributed by atoms with Gasteiger partial charge in [-0.2, -0.15) is 0 Å². The fraction of sp³-hybridized carbons (Fsp3) is 0.857. The lowest BCUT2D eigenvalue weighted by molar-refractivity contribution is -0.146. The van der Waals surface area contributed by atoms with E-state index in [0.717, 1.165) is 19.3 Å². The Kier molecular flexibility index (Phi) is 6.16. The lowest BCUT2D eigenvalue weighted by Gasteiger charge is -2.19. The second-order valence-electron chi connectivity index (χ2n) is 5.39. The van der Waals surface area contributed by atoms with E-state index in [1.807, 2.05) is 6.92 Å². The summed E-state index contributed by atoms with van der Waals surface area (Å²) in [6.07, 6.45) is 6.64. The Labute approximate surface area is 109 Å². The molecule has 4 heteroatoms. The minimum Gasteiger partial charge on any atom is -0.481 e. The zero-order valence-corrected chi connectivity index (χ0v) is 11.4. The number of carbonyl (C=O) groups is 2. The zero-order chi connectivity index (χ0) is 13.5. The number of hydrogen-bond donors (Lipinski definition) is 2. The highest BCUT2D eigenvalue weighted by atomic mass is 16.4. The first kappa shape index (κ1) is 15.0. The molecule has 0 bridgehead atoms. The van der Waals surface area contributed by atoms with Crippen LogP contribution in [0.5, 0.6) is 0 Å². The van der Waals surface area contributed by atoms with Crippen molar-refractivity contribution in [1.29, 1.82) is 0 Å². The van der Waals surface area contributed by atoms with Crippen LogP contribution in [0.15, 0.2) is 0 Å². The van der Waals surface area contributed by atoms with E-state index in [2.05, 4.69) is 12.2 Å². The summed E-state index contributed by atoms with van der Waals surface area (Å²) in [6.45, 7) is 4.15. The average Bonchev–Trinajstić information content (AvgIpc) is 2.78. The number of carbonyl (C=O) groups excluding carboxylic acids is 1. The highest BCUT2D eigenvalue weighted by Gasteiger charge is 2.37. The van der Waals surface area contributed by atoms with E-state index in [-0.39, 0.29) is 17.9 Å². The quantitative estimate of drug-likeness (QED) is 0.687. The fourth-order valence-electron chi connectivity index (χ4n) is 2.69. The Balaban J connectivity index is 2.37. The van der Waals surface area contributed by atoms with Crippen LogP contribution in [0, 0.1) is 11.8 Å². The number of carboxylic acids is 1. The van der Waals surface area contributed by atoms with Gasteiger partial charge >= 0.3 is 5.97 Å². The topological polar surface area (TPSA) is 66.4 Å². The second kappa shape index (κ2) is 7.39. The maximum Gasteiger partial charge on any atom is 0.307 e. The summed E-state index contributed by atoms with van der Waals surface area (Å²) in [5.74, 6) is -1.70. The summed E-state index contributed by atoms with van der Waals surface area (Å²) in [4.78, 5) is 23.1. The van der Waals surface area contributed by atoms with Crippen molar-refractivity contribution in [3.63, 3.8) is 0 Å². The summed E-state index contributed by atoms with van der Waals surface area (Å²) in [5, 5.41) is 12.0. The molecule has 0 saturated heterocycles. The van der Waals surface area contributed by atoms with Crippen molar-refractivity contribution in [2.24, 2.45) is 11.8 Å². The minimum atomic E-state index is -0.828. The highest BCUT2D eigenvalue weighted by molar-refractivity contribution is 5.85. The van der Waals surface area contributed by atoms with Crippen molar-refractivity contribution < 1.29 is 14.7 Å². The van der Waals surface area contributed by atoms with E-state index in [1.54, 1.807) is 0 Å². The van der Waals surface area contributed by atoms with Gasteiger partial charge in [0.2, 0.25) is 5.91 Å². The van der Waals surface area contributed by atoms with Gasteiger partial charge in [0.15, 0.2) is 0 Å². The van der Waals surface area contributed by atoms with E-state index in [0.29, 0.717) is 12.8 Å². The van der Waals surface area contributed by atoms with Gasteiger partial charge in [-0.25, -0.2) is 0 Å². The van der Waals surface area contributed by atoms with E-state index < -0.39 is 11.9 Å². The lowest BCUT2D eigenvalue weighted by Crippen LogP contribution is -2.40. The minimum absolute atomic E-state index is 0.0658. The van der Waals surface area contributed by atoms with Crippen LogP contribution >= 0.6 is 0 Å². The summed E-state index contributed by atoms with van der Waals surface area (Å²) in [5.41, 5.74) is 0. The predicted molar refractivity (Wildman–Crippen MR) is 70.2 cm³/mol. The molecule has 0 aromatic heterocycles. The van der Waals surface area contributed by atoms with E-state index in [4.69, 9.17) is 5.11 Å². The number of nitrogens with one attached hydrogen (secondary N) is 1. The molecule has 104 valence electrons. The van der Waals surface area contributed by atoms with Crippen molar-refractivity contribution in [2.45, 2.75) is 64.8 Å². The molecule has 0 spiro atoms. The summed E-state index contributed by atoms with van der Waals surface area (Å²) < 4.78 is 0. The van der Waals surface area contributed by atoms with Crippen LogP contribution in [0.2, 0.25) is 0 Å². The first-order valence-corrected chi connectivity index (χ1v) is 7.09. The molecule has 1 saturated carbocycles. The van der Waals surface area contributed by atoms with Crippen LogP contribution in [-0.2, 0) is 9.59 Å². The van der Waals surface area contributed by atoms with E-state index in [1.165, 1.54) is 12.8 Å². The monoisotopic (exact) mass is 255 g/mol. The molecule has 4 nitrogen and oxygen atoms in total. The van der Waals surface area contributed by atoms with E-state index >= 15 is 0 Å². The first-order chi connectivity index (χ1) is 8.56. The highest BCUT2D eigenvalue weighted by Crippen LogP contribution is 2.32. The molecule has 0 aromatic rings. The number of hydrogen-bond acceptors (Lipinski definition) is 2. The maximum absolute atomic E-state index is 12.0.